The monoisotopic (exact) mass is 568 g/mol. The molecule has 15 nitrogen and oxygen atoms in total. The van der Waals surface area contributed by atoms with Gasteiger partial charge in [0.05, 0.1) is 0 Å². The van der Waals surface area contributed by atoms with Crippen LogP contribution in [0.4, 0.5) is 14.4 Å². The number of carbonyl (C=O) groups is 3. The second kappa shape index (κ2) is 74.6. The summed E-state index contributed by atoms with van der Waals surface area (Å²) in [5.41, 5.74) is 0. The van der Waals surface area contributed by atoms with Crippen molar-refractivity contribution in [2.24, 2.45) is 0 Å². The third-order valence-corrected chi connectivity index (χ3v) is 0. The summed E-state index contributed by atoms with van der Waals surface area (Å²) in [6.45, 7) is 0. The van der Waals surface area contributed by atoms with Crippen molar-refractivity contribution in [1.82, 2.24) is 0 Å². The molecule has 0 saturated heterocycles. The molecule has 0 atom stereocenters. The SMILES string of the molecule is O.O.O.O.O.O.O=C([O-])[O-].O=C([O-])[O-].O=C([O-])[O-].[Ce+3].[Ce+3]. The van der Waals surface area contributed by atoms with Crippen LogP contribution >= 0.6 is 0 Å². The average Bonchev–Trinajstić information content (AvgIpc) is 1.54. The molecular weight excluding hydrogens is 556 g/mol. The van der Waals surface area contributed by atoms with Gasteiger partial charge in [-0.3, -0.25) is 0 Å². The van der Waals surface area contributed by atoms with Crippen LogP contribution in [0.15, 0.2) is 0 Å². The number of carboxylic acid groups (broad SMARTS) is 6. The van der Waals surface area contributed by atoms with E-state index in [4.69, 9.17) is 45.0 Å². The van der Waals surface area contributed by atoms with Crippen molar-refractivity contribution in [1.29, 1.82) is 0 Å². The predicted octanol–water partition coefficient (Wildman–Crippen LogP) is -12.3. The fourth-order valence-electron chi connectivity index (χ4n) is 0. The van der Waals surface area contributed by atoms with E-state index < -0.39 is 18.5 Å². The zero-order chi connectivity index (χ0) is 10.7. The molecule has 0 aromatic carbocycles. The van der Waals surface area contributed by atoms with Gasteiger partial charge in [-0.1, -0.05) is 0 Å². The van der Waals surface area contributed by atoms with Crippen LogP contribution in [0.1, 0.15) is 0 Å². The maximum atomic E-state index is 8.33. The smallest absolute Gasteiger partial charge is 0.652 e. The quantitative estimate of drug-likeness (QED) is 0.267. The van der Waals surface area contributed by atoms with E-state index in [1.54, 1.807) is 0 Å². The first-order valence-electron chi connectivity index (χ1n) is 1.84. The Kier molecular flexibility index (Phi) is 326. The van der Waals surface area contributed by atoms with Gasteiger partial charge in [0.1, 0.15) is 0 Å². The van der Waals surface area contributed by atoms with Crippen LogP contribution in [-0.4, -0.2) is 51.3 Å². The van der Waals surface area contributed by atoms with Crippen molar-refractivity contribution in [2.75, 3.05) is 0 Å². The summed E-state index contributed by atoms with van der Waals surface area (Å²) in [5.74, 6) is 0. The second-order valence-electron chi connectivity index (χ2n) is 0.750. The van der Waals surface area contributed by atoms with Crippen molar-refractivity contribution in [3.63, 3.8) is 0 Å². The number of hydrogen-bond acceptors (Lipinski definition) is 9. The molecule has 0 aromatic rings. The number of carbonyl (C=O) groups excluding carboxylic acids is 3. The fraction of sp³-hybridized carbons (Fsp3) is 0. The fourth-order valence-corrected chi connectivity index (χ4v) is 0. The molecule has 0 aliphatic heterocycles. The number of rotatable bonds is 0. The average molecular weight is 568 g/mol. The van der Waals surface area contributed by atoms with Gasteiger partial charge in [-0.05, 0) is 18.5 Å². The van der Waals surface area contributed by atoms with Crippen molar-refractivity contribution in [3.05, 3.63) is 0 Å². The molecule has 0 amide bonds. The summed E-state index contributed by atoms with van der Waals surface area (Å²) >= 11 is 0. The molecule has 0 aliphatic rings. The molecule has 0 bridgehead atoms. The van der Waals surface area contributed by atoms with E-state index in [2.05, 4.69) is 0 Å². The standard InChI is InChI=1S/3CH2O3.2Ce.6H2O/c3*2-1(3)4;;;;;;;;/h3*(H2,2,3,4);;;6*1H2/q;;;2*+3;;;;;;/p-6. The molecule has 20 heavy (non-hydrogen) atoms. The second-order valence-corrected chi connectivity index (χ2v) is 0.750. The minimum atomic E-state index is -2.33. The van der Waals surface area contributed by atoms with E-state index in [0.29, 0.717) is 0 Å². The zero-order valence-electron chi connectivity index (χ0n) is 9.17. The summed E-state index contributed by atoms with van der Waals surface area (Å²) in [5, 5.41) is 50.0. The Balaban J connectivity index is -0.00000000562. The Bertz CT molecular complexity index is 119. The van der Waals surface area contributed by atoms with Crippen LogP contribution in [-0.2, 0) is 0 Å². The van der Waals surface area contributed by atoms with Crippen LogP contribution in [0, 0.1) is 83.5 Å². The molecular formula is C3H12Ce2O15. The molecule has 0 unspecified atom stereocenters. The van der Waals surface area contributed by atoms with Gasteiger partial charge < -0.3 is 77.9 Å². The van der Waals surface area contributed by atoms with Crippen LogP contribution in [0.5, 0.6) is 0 Å². The molecule has 12 N–H and O–H groups in total. The first-order valence-corrected chi connectivity index (χ1v) is 1.84. The van der Waals surface area contributed by atoms with E-state index >= 15 is 0 Å². The molecule has 0 aliphatic carbocycles. The van der Waals surface area contributed by atoms with Crippen LogP contribution in [0.25, 0.3) is 0 Å². The van der Waals surface area contributed by atoms with E-state index in [1.165, 1.54) is 0 Å². The molecule has 122 valence electrons. The Morgan fingerprint density at radius 3 is 0.400 bits per heavy atom. The van der Waals surface area contributed by atoms with Gasteiger partial charge in [0.25, 0.3) is 0 Å². The maximum absolute atomic E-state index is 8.33. The third-order valence-electron chi connectivity index (χ3n) is 0. The van der Waals surface area contributed by atoms with Gasteiger partial charge >= 0.3 is 83.5 Å². The van der Waals surface area contributed by atoms with Crippen LogP contribution < -0.4 is 30.6 Å². The largest absolute Gasteiger partial charge is 3.00 e. The van der Waals surface area contributed by atoms with E-state index in [1.807, 2.05) is 0 Å². The summed E-state index contributed by atoms with van der Waals surface area (Å²) in [4.78, 5) is 25.0. The molecule has 0 saturated carbocycles. The molecule has 0 spiro atoms. The summed E-state index contributed by atoms with van der Waals surface area (Å²) in [6, 6.07) is 0. The molecule has 0 heterocycles. The molecule has 0 rings (SSSR count). The molecule has 2 radical (unpaired) electrons. The van der Waals surface area contributed by atoms with Crippen LogP contribution in [0.2, 0.25) is 0 Å². The molecule has 0 fully saturated rings. The summed E-state index contributed by atoms with van der Waals surface area (Å²) < 4.78 is 0. The summed E-state index contributed by atoms with van der Waals surface area (Å²) in [6.07, 6.45) is -7.00. The van der Waals surface area contributed by atoms with Gasteiger partial charge in [0, 0.05) is 0 Å². The first-order chi connectivity index (χ1) is 5.20. The maximum Gasteiger partial charge on any atom is 3.00 e. The van der Waals surface area contributed by atoms with Gasteiger partial charge in [-0.25, -0.2) is 0 Å². The zero-order valence-corrected chi connectivity index (χ0v) is 15.5. The Morgan fingerprint density at radius 2 is 0.400 bits per heavy atom. The first kappa shape index (κ1) is 87.3. The Morgan fingerprint density at radius 1 is 0.400 bits per heavy atom. The van der Waals surface area contributed by atoms with E-state index in [-0.39, 0.29) is 116 Å². The summed E-state index contributed by atoms with van der Waals surface area (Å²) in [7, 11) is 0. The minimum absolute atomic E-state index is 0. The van der Waals surface area contributed by atoms with Gasteiger partial charge in [-0.2, -0.15) is 0 Å². The predicted molar refractivity (Wildman–Crippen MR) is 37.9 cm³/mol. The normalized spacial score (nSPS) is 3.60. The van der Waals surface area contributed by atoms with Crippen molar-refractivity contribution >= 4 is 18.5 Å². The van der Waals surface area contributed by atoms with E-state index in [9.17, 15) is 0 Å². The molecule has 17 heteroatoms. The Labute approximate surface area is 177 Å². The van der Waals surface area contributed by atoms with Crippen molar-refractivity contribution < 1.29 is 161 Å². The van der Waals surface area contributed by atoms with Crippen LogP contribution in [0.3, 0.4) is 0 Å². The van der Waals surface area contributed by atoms with E-state index in [0.717, 1.165) is 0 Å². The van der Waals surface area contributed by atoms with Gasteiger partial charge in [0.2, 0.25) is 0 Å². The third kappa shape index (κ3) is 52600. The van der Waals surface area contributed by atoms with Gasteiger partial charge in [0.15, 0.2) is 0 Å². The van der Waals surface area contributed by atoms with Crippen molar-refractivity contribution in [3.8, 4) is 0 Å². The topological polar surface area (TPSA) is 379 Å². The molecule has 0 aromatic heterocycles. The Hall–Kier alpha value is 0.323. The van der Waals surface area contributed by atoms with Crippen molar-refractivity contribution in [2.45, 2.75) is 0 Å². The number of hydrogen-bond donors (Lipinski definition) is 0. The minimum Gasteiger partial charge on any atom is -0.652 e. The van der Waals surface area contributed by atoms with Gasteiger partial charge in [-0.15, -0.1) is 0 Å².